The fourth-order valence-electron chi connectivity index (χ4n) is 3.13. The van der Waals surface area contributed by atoms with Gasteiger partial charge in [-0.25, -0.2) is 0 Å². The Morgan fingerprint density at radius 1 is 1.10 bits per heavy atom. The normalized spacial score (nSPS) is 11.9. The summed E-state index contributed by atoms with van der Waals surface area (Å²) in [5.74, 6) is 1.13. The molecule has 1 atom stereocenters. The second kappa shape index (κ2) is 9.64. The quantitative estimate of drug-likeness (QED) is 0.509. The van der Waals surface area contributed by atoms with Gasteiger partial charge in [-0.15, -0.1) is 4.80 Å². The predicted octanol–water partition coefficient (Wildman–Crippen LogP) is 2.79. The average Bonchev–Trinajstić information content (AvgIpc) is 3.27. The van der Waals surface area contributed by atoms with Crippen LogP contribution in [0.1, 0.15) is 29.7 Å². The van der Waals surface area contributed by atoms with E-state index in [2.05, 4.69) is 20.2 Å². The highest BCUT2D eigenvalue weighted by atomic mass is 35.5. The Hall–Kier alpha value is -3.04. The van der Waals surface area contributed by atoms with Crippen molar-refractivity contribution in [2.75, 3.05) is 21.3 Å². The second-order valence-corrected chi connectivity index (χ2v) is 6.87. The summed E-state index contributed by atoms with van der Waals surface area (Å²) in [5.41, 5.74) is 2.11. The van der Waals surface area contributed by atoms with Gasteiger partial charge in [0.1, 0.15) is 11.5 Å². The molecule has 0 aliphatic heterocycles. The summed E-state index contributed by atoms with van der Waals surface area (Å²) in [6.07, 6.45) is 6.27. The lowest BCUT2D eigenvalue weighted by Gasteiger charge is -2.18. The lowest BCUT2D eigenvalue weighted by atomic mass is 9.97. The van der Waals surface area contributed by atoms with Gasteiger partial charge in [-0.3, -0.25) is 9.78 Å². The van der Waals surface area contributed by atoms with E-state index in [1.807, 2.05) is 6.92 Å². The van der Waals surface area contributed by atoms with Crippen molar-refractivity contribution in [3.05, 3.63) is 52.6 Å². The molecule has 0 aliphatic carbocycles. The molecule has 0 N–H and O–H groups in total. The summed E-state index contributed by atoms with van der Waals surface area (Å²) in [4.78, 5) is 22.7. The SMILES string of the molecule is COc1cncc(CC(=O)Cc2cc(Cl)c(-n3nccn3)nc2OC)c1[C@H](C)OC. The number of ether oxygens (including phenoxy) is 3. The van der Waals surface area contributed by atoms with Crippen LogP contribution in [0.2, 0.25) is 5.02 Å². The molecule has 10 heteroatoms. The zero-order chi connectivity index (χ0) is 21.7. The van der Waals surface area contributed by atoms with Crippen LogP contribution in [0.3, 0.4) is 0 Å². The molecule has 158 valence electrons. The molecule has 30 heavy (non-hydrogen) atoms. The molecule has 3 heterocycles. The Balaban J connectivity index is 1.86. The molecule has 0 bridgehead atoms. The van der Waals surface area contributed by atoms with Crippen LogP contribution < -0.4 is 9.47 Å². The minimum atomic E-state index is -0.253. The number of ketones is 1. The number of methoxy groups -OCH3 is 3. The molecule has 3 aromatic rings. The number of pyridine rings is 2. The van der Waals surface area contributed by atoms with E-state index in [0.717, 1.165) is 11.1 Å². The third-order valence-electron chi connectivity index (χ3n) is 4.59. The lowest BCUT2D eigenvalue weighted by molar-refractivity contribution is -0.117. The number of halogens is 1. The summed E-state index contributed by atoms with van der Waals surface area (Å²) in [6, 6.07) is 1.65. The number of aromatic nitrogens is 5. The second-order valence-electron chi connectivity index (χ2n) is 6.47. The topological polar surface area (TPSA) is 101 Å². The highest BCUT2D eigenvalue weighted by Crippen LogP contribution is 2.31. The number of hydrogen-bond acceptors (Lipinski definition) is 8. The molecule has 9 nitrogen and oxygen atoms in total. The van der Waals surface area contributed by atoms with Gasteiger partial charge >= 0.3 is 0 Å². The number of carbonyl (C=O) groups is 1. The molecule has 3 rings (SSSR count). The van der Waals surface area contributed by atoms with E-state index in [1.165, 1.54) is 24.3 Å². The van der Waals surface area contributed by atoms with E-state index in [1.54, 1.807) is 32.7 Å². The van der Waals surface area contributed by atoms with Crippen molar-refractivity contribution >= 4 is 17.4 Å². The van der Waals surface area contributed by atoms with Gasteiger partial charge in [0.15, 0.2) is 5.82 Å². The van der Waals surface area contributed by atoms with Gasteiger partial charge in [-0.2, -0.15) is 15.2 Å². The van der Waals surface area contributed by atoms with Crippen LogP contribution in [-0.4, -0.2) is 52.1 Å². The molecule has 0 radical (unpaired) electrons. The lowest BCUT2D eigenvalue weighted by Crippen LogP contribution is -2.13. The van der Waals surface area contributed by atoms with Crippen LogP contribution in [0.4, 0.5) is 0 Å². The van der Waals surface area contributed by atoms with E-state index < -0.39 is 0 Å². The van der Waals surface area contributed by atoms with Gasteiger partial charge in [-0.1, -0.05) is 11.6 Å². The minimum absolute atomic E-state index is 0.0595. The molecular weight excluding hydrogens is 410 g/mol. The maximum absolute atomic E-state index is 12.9. The Morgan fingerprint density at radius 2 is 1.80 bits per heavy atom. The van der Waals surface area contributed by atoms with Crippen LogP contribution >= 0.6 is 11.6 Å². The molecule has 0 saturated carbocycles. The van der Waals surface area contributed by atoms with E-state index >= 15 is 0 Å². The number of rotatable bonds is 9. The molecule has 0 aromatic carbocycles. The zero-order valence-electron chi connectivity index (χ0n) is 17.1. The Bertz CT molecular complexity index is 1030. The summed E-state index contributed by atoms with van der Waals surface area (Å²) < 4.78 is 16.2. The highest BCUT2D eigenvalue weighted by molar-refractivity contribution is 6.32. The molecular formula is C20H22ClN5O4. The Kier molecular flexibility index (Phi) is 6.96. The Morgan fingerprint density at radius 3 is 2.43 bits per heavy atom. The van der Waals surface area contributed by atoms with Crippen LogP contribution in [0.15, 0.2) is 30.9 Å². The van der Waals surface area contributed by atoms with Crippen molar-refractivity contribution in [2.24, 2.45) is 0 Å². The van der Waals surface area contributed by atoms with Crippen molar-refractivity contribution in [1.29, 1.82) is 0 Å². The number of Topliss-reactive ketones (excluding diaryl/α,β-unsaturated/α-hetero) is 1. The van der Waals surface area contributed by atoms with E-state index in [4.69, 9.17) is 25.8 Å². The van der Waals surface area contributed by atoms with Gasteiger partial charge < -0.3 is 14.2 Å². The molecule has 0 aliphatic rings. The van der Waals surface area contributed by atoms with Crippen LogP contribution in [0, 0.1) is 0 Å². The van der Waals surface area contributed by atoms with Gasteiger partial charge in [0.05, 0.1) is 43.9 Å². The number of hydrogen-bond donors (Lipinski definition) is 0. The van der Waals surface area contributed by atoms with Crippen molar-refractivity contribution < 1.29 is 19.0 Å². The van der Waals surface area contributed by atoms with Gasteiger partial charge in [0, 0.05) is 37.3 Å². The van der Waals surface area contributed by atoms with Gasteiger partial charge in [0.25, 0.3) is 0 Å². The largest absolute Gasteiger partial charge is 0.495 e. The average molecular weight is 432 g/mol. The summed E-state index contributed by atoms with van der Waals surface area (Å²) >= 11 is 6.35. The molecule has 3 aromatic heterocycles. The predicted molar refractivity (Wildman–Crippen MR) is 109 cm³/mol. The van der Waals surface area contributed by atoms with Crippen molar-refractivity contribution in [2.45, 2.75) is 25.9 Å². The first-order valence-electron chi connectivity index (χ1n) is 9.13. The zero-order valence-corrected chi connectivity index (χ0v) is 17.9. The van der Waals surface area contributed by atoms with Gasteiger partial charge in [0.2, 0.25) is 5.88 Å². The molecule has 0 saturated heterocycles. The first kappa shape index (κ1) is 21.7. The van der Waals surface area contributed by atoms with Crippen molar-refractivity contribution in [3.8, 4) is 17.4 Å². The summed E-state index contributed by atoms with van der Waals surface area (Å²) in [7, 11) is 4.64. The molecule has 0 spiro atoms. The summed E-state index contributed by atoms with van der Waals surface area (Å²) in [6.45, 7) is 1.89. The van der Waals surface area contributed by atoms with Crippen LogP contribution in [0.25, 0.3) is 5.82 Å². The molecule has 0 unspecified atom stereocenters. The van der Waals surface area contributed by atoms with E-state index in [0.29, 0.717) is 22.2 Å². The maximum Gasteiger partial charge on any atom is 0.218 e. The van der Waals surface area contributed by atoms with Gasteiger partial charge in [-0.05, 0) is 18.6 Å². The smallest absolute Gasteiger partial charge is 0.218 e. The number of nitrogens with zero attached hydrogens (tertiary/aromatic N) is 5. The fraction of sp³-hybridized carbons (Fsp3) is 0.350. The standard InChI is InChI=1S/C20H22ClN5O4/c1-12(28-2)18-14(10-22-11-17(18)29-3)8-15(27)7-13-9-16(21)19(25-20(13)30-4)26-23-5-6-24-26/h5-6,9-12H,7-8H2,1-4H3/t12-/m0/s1. The van der Waals surface area contributed by atoms with Crippen LogP contribution in [0.5, 0.6) is 11.6 Å². The third kappa shape index (κ3) is 4.58. The highest BCUT2D eigenvalue weighted by Gasteiger charge is 2.21. The number of carbonyl (C=O) groups excluding carboxylic acids is 1. The molecule has 0 amide bonds. The minimum Gasteiger partial charge on any atom is -0.495 e. The maximum atomic E-state index is 12.9. The fourth-order valence-corrected chi connectivity index (χ4v) is 3.38. The van der Waals surface area contributed by atoms with Crippen molar-refractivity contribution in [3.63, 3.8) is 0 Å². The molecule has 0 fully saturated rings. The monoisotopic (exact) mass is 431 g/mol. The van der Waals surface area contributed by atoms with E-state index in [-0.39, 0.29) is 30.6 Å². The third-order valence-corrected chi connectivity index (χ3v) is 4.87. The van der Waals surface area contributed by atoms with Crippen LogP contribution in [-0.2, 0) is 22.4 Å². The van der Waals surface area contributed by atoms with E-state index in [9.17, 15) is 4.79 Å². The first-order valence-corrected chi connectivity index (χ1v) is 9.51. The Labute approximate surface area is 179 Å². The van der Waals surface area contributed by atoms with Crippen molar-refractivity contribution in [1.82, 2.24) is 25.0 Å². The summed E-state index contributed by atoms with van der Waals surface area (Å²) in [5, 5.41) is 8.36. The first-order chi connectivity index (χ1) is 14.5.